The van der Waals surface area contributed by atoms with Crippen molar-refractivity contribution in [1.29, 1.82) is 0 Å². The molecule has 6 heteroatoms. The van der Waals surface area contributed by atoms with Crippen molar-refractivity contribution < 1.29 is 4.79 Å². The minimum Gasteiger partial charge on any atom is -0.341 e. The lowest BCUT2D eigenvalue weighted by atomic mass is 10.1. The zero-order valence-electron chi connectivity index (χ0n) is 14.1. The van der Waals surface area contributed by atoms with E-state index < -0.39 is 0 Å². The molecule has 2 fully saturated rings. The van der Waals surface area contributed by atoms with Crippen LogP contribution in [0.15, 0.2) is 12.3 Å². The Balaban J connectivity index is 1.47. The van der Waals surface area contributed by atoms with Crippen molar-refractivity contribution in [2.45, 2.75) is 38.1 Å². The predicted octanol–water partition coefficient (Wildman–Crippen LogP) is 1.78. The van der Waals surface area contributed by atoms with E-state index in [1.54, 1.807) is 6.20 Å². The highest BCUT2D eigenvalue weighted by Gasteiger charge is 2.25. The van der Waals surface area contributed by atoms with Gasteiger partial charge in [0.25, 0.3) is 0 Å². The maximum absolute atomic E-state index is 12.5. The zero-order valence-corrected chi connectivity index (χ0v) is 14.9. The summed E-state index contributed by atoms with van der Waals surface area (Å²) in [6.07, 6.45) is 6.93. The third-order valence-corrected chi connectivity index (χ3v) is 6.16. The topological polar surface area (TPSA) is 41.4 Å². The Morgan fingerprint density at radius 1 is 1.26 bits per heavy atom. The van der Waals surface area contributed by atoms with E-state index in [2.05, 4.69) is 26.7 Å². The summed E-state index contributed by atoms with van der Waals surface area (Å²) in [5, 5.41) is 4.17. The summed E-state index contributed by atoms with van der Waals surface area (Å²) in [5.74, 6) is 2.90. The summed E-state index contributed by atoms with van der Waals surface area (Å²) in [7, 11) is 1.94. The molecule has 0 aliphatic carbocycles. The van der Waals surface area contributed by atoms with Crippen LogP contribution in [0.4, 0.5) is 0 Å². The molecule has 0 unspecified atom stereocenters. The van der Waals surface area contributed by atoms with Crippen molar-refractivity contribution in [3.05, 3.63) is 18.0 Å². The van der Waals surface area contributed by atoms with Crippen molar-refractivity contribution in [3.63, 3.8) is 0 Å². The second-order valence-corrected chi connectivity index (χ2v) is 7.78. The third kappa shape index (κ3) is 4.51. The van der Waals surface area contributed by atoms with Gasteiger partial charge in [-0.1, -0.05) is 0 Å². The molecule has 3 heterocycles. The normalized spacial score (nSPS) is 21.3. The van der Waals surface area contributed by atoms with Gasteiger partial charge in [0.1, 0.15) is 0 Å². The van der Waals surface area contributed by atoms with Gasteiger partial charge in [0.15, 0.2) is 0 Å². The first kappa shape index (κ1) is 16.8. The molecule has 0 radical (unpaired) electrons. The minimum absolute atomic E-state index is 0.298. The van der Waals surface area contributed by atoms with E-state index in [1.165, 1.54) is 24.3 Å². The number of thioether (sulfide) groups is 1. The fourth-order valence-corrected chi connectivity index (χ4v) is 4.72. The van der Waals surface area contributed by atoms with Gasteiger partial charge < -0.3 is 4.90 Å². The Labute approximate surface area is 143 Å². The van der Waals surface area contributed by atoms with Crippen molar-refractivity contribution in [1.82, 2.24) is 19.6 Å². The Bertz CT molecular complexity index is 512. The zero-order chi connectivity index (χ0) is 16.1. The molecule has 1 aromatic rings. The quantitative estimate of drug-likeness (QED) is 0.840. The second-order valence-electron chi connectivity index (χ2n) is 6.56. The van der Waals surface area contributed by atoms with Crippen molar-refractivity contribution in [3.8, 4) is 0 Å². The minimum atomic E-state index is 0.298. The van der Waals surface area contributed by atoms with Crippen molar-refractivity contribution >= 4 is 17.7 Å². The number of hydrogen-bond acceptors (Lipinski definition) is 4. The number of rotatable bonds is 4. The van der Waals surface area contributed by atoms with Crippen LogP contribution in [0, 0.1) is 0 Å². The molecular formula is C17H28N4OS. The number of carbonyl (C=O) groups is 1. The summed E-state index contributed by atoms with van der Waals surface area (Å²) in [5.41, 5.74) is 1.13. The Kier molecular flexibility index (Phi) is 6.00. The first-order chi connectivity index (χ1) is 11.2. The number of aryl methyl sites for hydroxylation is 2. The molecule has 5 nitrogen and oxygen atoms in total. The highest BCUT2D eigenvalue weighted by Crippen LogP contribution is 2.22. The van der Waals surface area contributed by atoms with Gasteiger partial charge in [0.05, 0.1) is 0 Å². The summed E-state index contributed by atoms with van der Waals surface area (Å²) >= 11 is 2.08. The standard InChI is InChI=1S/C17H28N4OS/c1-19-15(5-8-18-19)3-4-17(22)21-10-2-9-20(11-12-21)16-6-13-23-14-7-16/h5,8,16H,2-4,6-7,9-14H2,1H3. The van der Waals surface area contributed by atoms with Crippen LogP contribution in [-0.4, -0.2) is 69.2 Å². The summed E-state index contributed by atoms with van der Waals surface area (Å²) in [4.78, 5) is 17.2. The van der Waals surface area contributed by atoms with E-state index in [1.807, 2.05) is 17.8 Å². The average molecular weight is 337 g/mol. The Morgan fingerprint density at radius 3 is 2.83 bits per heavy atom. The molecule has 3 rings (SSSR count). The maximum atomic E-state index is 12.5. The lowest BCUT2D eigenvalue weighted by Crippen LogP contribution is -2.41. The molecule has 0 saturated carbocycles. The number of aromatic nitrogens is 2. The predicted molar refractivity (Wildman–Crippen MR) is 94.6 cm³/mol. The molecule has 23 heavy (non-hydrogen) atoms. The molecule has 2 saturated heterocycles. The first-order valence-electron chi connectivity index (χ1n) is 8.80. The molecule has 0 bridgehead atoms. The number of carbonyl (C=O) groups excluding carboxylic acids is 1. The molecular weight excluding hydrogens is 308 g/mol. The van der Waals surface area contributed by atoms with E-state index in [9.17, 15) is 4.79 Å². The SMILES string of the molecule is Cn1nccc1CCC(=O)N1CCCN(C2CCSCC2)CC1. The Hall–Kier alpha value is -1.01. The van der Waals surface area contributed by atoms with Crippen LogP contribution in [0.3, 0.4) is 0 Å². The van der Waals surface area contributed by atoms with Gasteiger partial charge in [-0.2, -0.15) is 16.9 Å². The van der Waals surface area contributed by atoms with Gasteiger partial charge in [-0.3, -0.25) is 14.4 Å². The number of nitrogens with zero attached hydrogens (tertiary/aromatic N) is 4. The molecule has 1 aromatic heterocycles. The van der Waals surface area contributed by atoms with Gasteiger partial charge in [0, 0.05) is 57.6 Å². The van der Waals surface area contributed by atoms with Crippen LogP contribution >= 0.6 is 11.8 Å². The average Bonchev–Trinajstić information content (AvgIpc) is 2.85. The van der Waals surface area contributed by atoms with E-state index in [-0.39, 0.29) is 0 Å². The molecule has 0 N–H and O–H groups in total. The number of hydrogen-bond donors (Lipinski definition) is 0. The largest absolute Gasteiger partial charge is 0.341 e. The molecule has 2 aliphatic heterocycles. The molecule has 1 amide bonds. The monoisotopic (exact) mass is 336 g/mol. The fraction of sp³-hybridized carbons (Fsp3) is 0.765. The van der Waals surface area contributed by atoms with Crippen LogP contribution in [0.1, 0.15) is 31.4 Å². The second kappa shape index (κ2) is 8.20. The van der Waals surface area contributed by atoms with E-state index >= 15 is 0 Å². The van der Waals surface area contributed by atoms with Crippen LogP contribution < -0.4 is 0 Å². The molecule has 2 aliphatic rings. The van der Waals surface area contributed by atoms with Crippen LogP contribution in [0.2, 0.25) is 0 Å². The van der Waals surface area contributed by atoms with Gasteiger partial charge in [-0.15, -0.1) is 0 Å². The lowest BCUT2D eigenvalue weighted by Gasteiger charge is -2.33. The smallest absolute Gasteiger partial charge is 0.223 e. The van der Waals surface area contributed by atoms with E-state index in [0.29, 0.717) is 12.3 Å². The molecule has 0 atom stereocenters. The Morgan fingerprint density at radius 2 is 2.09 bits per heavy atom. The molecule has 0 spiro atoms. The van der Waals surface area contributed by atoms with E-state index in [0.717, 1.165) is 50.8 Å². The van der Waals surface area contributed by atoms with Gasteiger partial charge in [-0.05, 0) is 43.3 Å². The van der Waals surface area contributed by atoms with Crippen LogP contribution in [0.5, 0.6) is 0 Å². The number of amides is 1. The lowest BCUT2D eigenvalue weighted by molar-refractivity contribution is -0.131. The molecule has 128 valence electrons. The van der Waals surface area contributed by atoms with E-state index in [4.69, 9.17) is 0 Å². The van der Waals surface area contributed by atoms with Crippen molar-refractivity contribution in [2.24, 2.45) is 7.05 Å². The summed E-state index contributed by atoms with van der Waals surface area (Å²) in [6, 6.07) is 2.75. The first-order valence-corrected chi connectivity index (χ1v) is 9.96. The van der Waals surface area contributed by atoms with Gasteiger partial charge >= 0.3 is 0 Å². The highest BCUT2D eigenvalue weighted by atomic mass is 32.2. The fourth-order valence-electron chi connectivity index (χ4n) is 3.64. The highest BCUT2D eigenvalue weighted by molar-refractivity contribution is 7.99. The third-order valence-electron chi connectivity index (χ3n) is 5.11. The van der Waals surface area contributed by atoms with Crippen molar-refractivity contribution in [2.75, 3.05) is 37.7 Å². The summed E-state index contributed by atoms with van der Waals surface area (Å²) < 4.78 is 1.86. The van der Waals surface area contributed by atoms with Gasteiger partial charge in [0.2, 0.25) is 5.91 Å². The van der Waals surface area contributed by atoms with Crippen LogP contribution in [0.25, 0.3) is 0 Å². The van der Waals surface area contributed by atoms with Crippen LogP contribution in [-0.2, 0) is 18.3 Å². The molecule has 0 aromatic carbocycles. The summed E-state index contributed by atoms with van der Waals surface area (Å²) in [6.45, 7) is 4.02. The maximum Gasteiger partial charge on any atom is 0.223 e. The van der Waals surface area contributed by atoms with Gasteiger partial charge in [-0.25, -0.2) is 0 Å².